The predicted octanol–water partition coefficient (Wildman–Crippen LogP) is 11.2. The number of rotatable bonds is 6. The SMILES string of the molecule is CC(C)c1ccc2oc(-c3ccc(N(c4ccccc4)c4ccc(-n5c6ccccc6c6ccccc65)cc4)cc3)nc2c1. The summed E-state index contributed by atoms with van der Waals surface area (Å²) in [6, 6.07) is 51.3. The second-order valence-corrected chi connectivity index (χ2v) is 11.5. The summed E-state index contributed by atoms with van der Waals surface area (Å²) in [5.74, 6) is 1.08. The van der Waals surface area contributed by atoms with Gasteiger partial charge in [0.2, 0.25) is 5.89 Å². The summed E-state index contributed by atoms with van der Waals surface area (Å²) in [5, 5.41) is 2.52. The van der Waals surface area contributed by atoms with E-state index in [1.54, 1.807) is 0 Å². The van der Waals surface area contributed by atoms with Gasteiger partial charge >= 0.3 is 0 Å². The molecule has 0 fully saturated rings. The van der Waals surface area contributed by atoms with Crippen molar-refractivity contribution in [3.63, 3.8) is 0 Å². The number of fused-ring (bicyclic) bond motifs is 4. The Labute approximate surface area is 256 Å². The monoisotopic (exact) mass is 569 g/mol. The summed E-state index contributed by atoms with van der Waals surface area (Å²) in [6.45, 7) is 4.38. The highest BCUT2D eigenvalue weighted by atomic mass is 16.3. The molecule has 0 atom stereocenters. The maximum Gasteiger partial charge on any atom is 0.227 e. The number of aromatic nitrogens is 2. The Balaban J connectivity index is 1.17. The lowest BCUT2D eigenvalue weighted by Gasteiger charge is -2.26. The molecule has 4 nitrogen and oxygen atoms in total. The maximum absolute atomic E-state index is 6.14. The van der Waals surface area contributed by atoms with Gasteiger partial charge in [0.15, 0.2) is 5.58 Å². The topological polar surface area (TPSA) is 34.2 Å². The van der Waals surface area contributed by atoms with E-state index in [-0.39, 0.29) is 0 Å². The number of hydrogen-bond acceptors (Lipinski definition) is 3. The molecule has 0 radical (unpaired) electrons. The van der Waals surface area contributed by atoms with Crippen LogP contribution in [0.2, 0.25) is 0 Å². The minimum atomic E-state index is 0.443. The fourth-order valence-electron chi connectivity index (χ4n) is 6.16. The summed E-state index contributed by atoms with van der Waals surface area (Å²) in [7, 11) is 0. The van der Waals surface area contributed by atoms with Gasteiger partial charge in [0.25, 0.3) is 0 Å². The van der Waals surface area contributed by atoms with Gasteiger partial charge in [0, 0.05) is 39.1 Å². The van der Waals surface area contributed by atoms with Gasteiger partial charge in [-0.15, -0.1) is 0 Å². The third-order valence-electron chi connectivity index (χ3n) is 8.41. The zero-order valence-corrected chi connectivity index (χ0v) is 24.7. The molecule has 0 saturated heterocycles. The molecule has 0 spiro atoms. The van der Waals surface area contributed by atoms with Crippen LogP contribution < -0.4 is 4.90 Å². The van der Waals surface area contributed by atoms with Crippen molar-refractivity contribution in [3.05, 3.63) is 151 Å². The highest BCUT2D eigenvalue weighted by molar-refractivity contribution is 6.09. The van der Waals surface area contributed by atoms with Crippen LogP contribution in [0, 0.1) is 0 Å². The van der Waals surface area contributed by atoms with Crippen molar-refractivity contribution in [2.24, 2.45) is 0 Å². The second kappa shape index (κ2) is 10.6. The van der Waals surface area contributed by atoms with Gasteiger partial charge in [-0.25, -0.2) is 4.98 Å². The van der Waals surface area contributed by atoms with Gasteiger partial charge in [-0.2, -0.15) is 0 Å². The molecule has 0 unspecified atom stereocenters. The van der Waals surface area contributed by atoms with Gasteiger partial charge in [0.05, 0.1) is 11.0 Å². The molecule has 44 heavy (non-hydrogen) atoms. The highest BCUT2D eigenvalue weighted by Crippen LogP contribution is 2.38. The molecule has 8 aromatic rings. The lowest BCUT2D eigenvalue weighted by molar-refractivity contribution is 0.619. The lowest BCUT2D eigenvalue weighted by atomic mass is 10.0. The van der Waals surface area contributed by atoms with Gasteiger partial charge in [0.1, 0.15) is 5.52 Å². The van der Waals surface area contributed by atoms with Gasteiger partial charge in [-0.3, -0.25) is 0 Å². The first-order valence-corrected chi connectivity index (χ1v) is 15.1. The maximum atomic E-state index is 6.14. The van der Waals surface area contributed by atoms with Crippen molar-refractivity contribution in [1.82, 2.24) is 9.55 Å². The van der Waals surface area contributed by atoms with E-state index < -0.39 is 0 Å². The van der Waals surface area contributed by atoms with E-state index in [9.17, 15) is 0 Å². The molecule has 0 saturated carbocycles. The molecule has 6 aromatic carbocycles. The van der Waals surface area contributed by atoms with E-state index in [0.717, 1.165) is 39.4 Å². The standard InChI is InChI=1S/C40H31N3O/c1-27(2)29-18-25-39-36(26-29)41-40(44-39)28-16-19-31(20-17-28)42(30-10-4-3-5-11-30)32-21-23-33(24-22-32)43-37-14-8-6-12-34(37)35-13-7-9-15-38(35)43/h3-27H,1-2H3. The second-order valence-electron chi connectivity index (χ2n) is 11.5. The molecule has 4 heteroatoms. The first-order chi connectivity index (χ1) is 21.6. The minimum Gasteiger partial charge on any atom is -0.436 e. The van der Waals surface area contributed by atoms with Crippen LogP contribution in [-0.4, -0.2) is 9.55 Å². The predicted molar refractivity (Wildman–Crippen MR) is 183 cm³/mol. The molecular formula is C40H31N3O. The average Bonchev–Trinajstić information content (AvgIpc) is 3.65. The Morgan fingerprint density at radius 3 is 1.80 bits per heavy atom. The van der Waals surface area contributed by atoms with Crippen molar-refractivity contribution in [2.45, 2.75) is 19.8 Å². The number of benzene rings is 6. The number of hydrogen-bond donors (Lipinski definition) is 0. The molecule has 0 amide bonds. The molecule has 212 valence electrons. The Morgan fingerprint density at radius 2 is 1.16 bits per heavy atom. The van der Waals surface area contributed by atoms with Gasteiger partial charge < -0.3 is 13.9 Å². The van der Waals surface area contributed by atoms with Crippen LogP contribution in [0.5, 0.6) is 0 Å². The first-order valence-electron chi connectivity index (χ1n) is 15.1. The lowest BCUT2D eigenvalue weighted by Crippen LogP contribution is -2.10. The number of para-hydroxylation sites is 3. The molecular weight excluding hydrogens is 538 g/mol. The summed E-state index contributed by atoms with van der Waals surface area (Å²) >= 11 is 0. The van der Waals surface area contributed by atoms with E-state index in [4.69, 9.17) is 9.40 Å². The van der Waals surface area contributed by atoms with Gasteiger partial charge in [-0.05, 0) is 96.4 Å². The minimum absolute atomic E-state index is 0.443. The molecule has 0 aliphatic rings. The average molecular weight is 570 g/mol. The van der Waals surface area contributed by atoms with Crippen LogP contribution in [0.25, 0.3) is 50.0 Å². The molecule has 8 rings (SSSR count). The number of oxazole rings is 1. The largest absolute Gasteiger partial charge is 0.436 e. The van der Waals surface area contributed by atoms with Crippen LogP contribution in [0.15, 0.2) is 150 Å². The first kappa shape index (κ1) is 26.1. The molecule has 0 aliphatic heterocycles. The summed E-state index contributed by atoms with van der Waals surface area (Å²) in [6.07, 6.45) is 0. The Morgan fingerprint density at radius 1 is 0.591 bits per heavy atom. The fraction of sp³-hybridized carbons (Fsp3) is 0.0750. The zero-order valence-electron chi connectivity index (χ0n) is 24.7. The zero-order chi connectivity index (χ0) is 29.6. The van der Waals surface area contributed by atoms with Crippen LogP contribution in [0.3, 0.4) is 0 Å². The third kappa shape index (κ3) is 4.43. The molecule has 0 aliphatic carbocycles. The fourth-order valence-corrected chi connectivity index (χ4v) is 6.16. The normalized spacial score (nSPS) is 11.6. The van der Waals surface area contributed by atoms with E-state index in [1.165, 1.54) is 27.4 Å². The molecule has 0 bridgehead atoms. The van der Waals surface area contributed by atoms with E-state index in [1.807, 2.05) is 12.1 Å². The van der Waals surface area contributed by atoms with Gasteiger partial charge in [-0.1, -0.05) is 74.5 Å². The molecule has 2 aromatic heterocycles. The van der Waals surface area contributed by atoms with Crippen molar-refractivity contribution in [2.75, 3.05) is 4.90 Å². The van der Waals surface area contributed by atoms with Crippen LogP contribution in [0.1, 0.15) is 25.3 Å². The summed E-state index contributed by atoms with van der Waals surface area (Å²) < 4.78 is 8.49. The number of nitrogens with zero attached hydrogens (tertiary/aromatic N) is 3. The van der Waals surface area contributed by atoms with Crippen molar-refractivity contribution >= 4 is 50.0 Å². The van der Waals surface area contributed by atoms with Crippen LogP contribution >= 0.6 is 0 Å². The Kier molecular flexibility index (Phi) is 6.27. The van der Waals surface area contributed by atoms with Crippen LogP contribution in [0.4, 0.5) is 17.1 Å². The van der Waals surface area contributed by atoms with Crippen molar-refractivity contribution in [3.8, 4) is 17.1 Å². The Bertz CT molecular complexity index is 2190. The Hall–Kier alpha value is -5.61. The quantitative estimate of drug-likeness (QED) is 0.200. The molecule has 0 N–H and O–H groups in total. The third-order valence-corrected chi connectivity index (χ3v) is 8.41. The van der Waals surface area contributed by atoms with E-state index in [2.05, 4.69) is 157 Å². The highest BCUT2D eigenvalue weighted by Gasteiger charge is 2.16. The van der Waals surface area contributed by atoms with E-state index >= 15 is 0 Å². The van der Waals surface area contributed by atoms with Crippen molar-refractivity contribution < 1.29 is 4.42 Å². The smallest absolute Gasteiger partial charge is 0.227 e. The van der Waals surface area contributed by atoms with Crippen LogP contribution in [-0.2, 0) is 0 Å². The number of anilines is 3. The van der Waals surface area contributed by atoms with Crippen molar-refractivity contribution in [1.29, 1.82) is 0 Å². The molecule has 2 heterocycles. The summed E-state index contributed by atoms with van der Waals surface area (Å²) in [5.41, 5.74) is 10.7. The summed E-state index contributed by atoms with van der Waals surface area (Å²) in [4.78, 5) is 7.09. The van der Waals surface area contributed by atoms with E-state index in [0.29, 0.717) is 11.8 Å².